The number of methoxy groups -OCH3 is 3. The zero-order valence-electron chi connectivity index (χ0n) is 14.1. The molecule has 0 bridgehead atoms. The number of hydrogen-bond acceptors (Lipinski definition) is 6. The molecule has 0 rings (SSSR count). The van der Waals surface area contributed by atoms with E-state index in [1.807, 2.05) is 0 Å². The summed E-state index contributed by atoms with van der Waals surface area (Å²) in [4.78, 5) is 31.0. The molecule has 0 aliphatic rings. The van der Waals surface area contributed by atoms with Crippen LogP contribution in [0.15, 0.2) is 12.2 Å². The number of Topliss-reactive ketones (excluding diaryl/α,β-unsaturated/α-hetero) is 3. The normalized spacial score (nSPS) is 7.96. The standard InChI is InChI=1S/C7H10O2.C5H10O2.C3H8O2.6CH4/c1-5(7(3)9)4-6(2)8;1-4(6)5(2)7-3;1-4-3-5-2;;;;;;/h1,4H2,2-3H3;5H,1-3H3;3H2,1-2H3;6*1H4. The molecule has 0 spiro atoms. The predicted octanol–water partition coefficient (Wildman–Crippen LogP) is 5.77. The van der Waals surface area contributed by atoms with Crippen LogP contribution in [0.25, 0.3) is 0 Å². The topological polar surface area (TPSA) is 78.9 Å². The number of hydrogen-bond donors (Lipinski definition) is 0. The molecule has 0 amide bonds. The van der Waals surface area contributed by atoms with Gasteiger partial charge in [0.05, 0.1) is 0 Å². The quantitative estimate of drug-likeness (QED) is 0.398. The smallest absolute Gasteiger partial charge is 0.158 e. The highest BCUT2D eigenvalue weighted by Crippen LogP contribution is 1.98. The van der Waals surface area contributed by atoms with Crippen LogP contribution in [0.5, 0.6) is 0 Å². The number of ether oxygens (including phenoxy) is 3. The molecule has 0 aliphatic heterocycles. The van der Waals surface area contributed by atoms with E-state index >= 15 is 0 Å². The van der Waals surface area contributed by atoms with Crippen molar-refractivity contribution in [2.24, 2.45) is 0 Å². The van der Waals surface area contributed by atoms with Crippen molar-refractivity contribution in [1.29, 1.82) is 0 Å². The Kier molecular flexibility index (Phi) is 82.5. The van der Waals surface area contributed by atoms with Crippen LogP contribution in [0.1, 0.15) is 78.7 Å². The third kappa shape index (κ3) is 58.9. The maximum Gasteiger partial charge on any atom is 0.158 e. The predicted molar refractivity (Wildman–Crippen MR) is 122 cm³/mol. The summed E-state index contributed by atoms with van der Waals surface area (Å²) >= 11 is 0. The van der Waals surface area contributed by atoms with Crippen LogP contribution < -0.4 is 0 Å². The summed E-state index contributed by atoms with van der Waals surface area (Å²) in [5, 5.41) is 0. The van der Waals surface area contributed by atoms with Crippen molar-refractivity contribution in [3.05, 3.63) is 12.2 Å². The van der Waals surface area contributed by atoms with E-state index in [1.165, 1.54) is 27.9 Å². The van der Waals surface area contributed by atoms with Gasteiger partial charge in [-0.25, -0.2) is 0 Å². The Balaban J connectivity index is -0.0000000238. The van der Waals surface area contributed by atoms with E-state index in [-0.39, 0.29) is 74.4 Å². The molecule has 0 saturated heterocycles. The monoisotopic (exact) mass is 400 g/mol. The van der Waals surface area contributed by atoms with Gasteiger partial charge in [0.1, 0.15) is 18.7 Å². The number of carbonyl (C=O) groups is 3. The fraction of sp³-hybridized carbons (Fsp3) is 0.762. The lowest BCUT2D eigenvalue weighted by atomic mass is 10.1. The minimum absolute atomic E-state index is 0. The van der Waals surface area contributed by atoms with Gasteiger partial charge in [0.25, 0.3) is 0 Å². The maximum atomic E-state index is 10.4. The molecule has 0 aliphatic carbocycles. The number of allylic oxidation sites excluding steroid dienone is 1. The lowest BCUT2D eigenvalue weighted by Gasteiger charge is -2.00. The second-order valence-corrected chi connectivity index (χ2v) is 4.22. The molecule has 6 heteroatoms. The summed E-state index contributed by atoms with van der Waals surface area (Å²) in [7, 11) is 4.69. The molecule has 0 saturated carbocycles. The van der Waals surface area contributed by atoms with Gasteiger partial charge in [-0.15, -0.1) is 0 Å². The number of carbonyl (C=O) groups excluding carboxylic acids is 3. The Hall–Kier alpha value is -1.37. The Morgan fingerprint density at radius 2 is 1.15 bits per heavy atom. The van der Waals surface area contributed by atoms with Crippen LogP contribution in [-0.2, 0) is 28.6 Å². The first-order valence-electron chi connectivity index (χ1n) is 6.33. The summed E-state index contributed by atoms with van der Waals surface area (Å²) in [5.74, 6) is -0.0529. The van der Waals surface area contributed by atoms with Crippen molar-refractivity contribution in [2.45, 2.75) is 84.8 Å². The van der Waals surface area contributed by atoms with Gasteiger partial charge in [0, 0.05) is 27.8 Å². The first-order chi connectivity index (χ1) is 9.63. The van der Waals surface area contributed by atoms with E-state index < -0.39 is 0 Å². The van der Waals surface area contributed by atoms with E-state index in [0.717, 1.165) is 0 Å². The van der Waals surface area contributed by atoms with Crippen molar-refractivity contribution in [2.75, 3.05) is 28.1 Å². The third-order valence-corrected chi connectivity index (χ3v) is 2.12. The van der Waals surface area contributed by atoms with Crippen LogP contribution in [0.3, 0.4) is 0 Å². The number of rotatable bonds is 7. The molecule has 1 unspecified atom stereocenters. The van der Waals surface area contributed by atoms with E-state index in [9.17, 15) is 14.4 Å². The molecule has 0 aromatic heterocycles. The Labute approximate surface area is 171 Å². The van der Waals surface area contributed by atoms with Crippen LogP contribution in [-0.4, -0.2) is 51.6 Å². The van der Waals surface area contributed by atoms with Crippen LogP contribution in [0.4, 0.5) is 0 Å². The van der Waals surface area contributed by atoms with Gasteiger partial charge in [0.15, 0.2) is 11.6 Å². The van der Waals surface area contributed by atoms with Crippen LogP contribution >= 0.6 is 0 Å². The fourth-order valence-corrected chi connectivity index (χ4v) is 0.709. The lowest BCUT2D eigenvalue weighted by molar-refractivity contribution is -0.125. The van der Waals surface area contributed by atoms with E-state index in [4.69, 9.17) is 0 Å². The van der Waals surface area contributed by atoms with E-state index in [1.54, 1.807) is 21.1 Å². The van der Waals surface area contributed by atoms with Gasteiger partial charge in [-0.1, -0.05) is 51.1 Å². The first-order valence-corrected chi connectivity index (χ1v) is 6.33. The second kappa shape index (κ2) is 39.6. The Morgan fingerprint density at radius 1 is 0.815 bits per heavy atom. The molecule has 0 heterocycles. The minimum atomic E-state index is -0.236. The average molecular weight is 401 g/mol. The fourth-order valence-electron chi connectivity index (χ4n) is 0.709. The van der Waals surface area contributed by atoms with Crippen molar-refractivity contribution in [3.8, 4) is 0 Å². The zero-order valence-corrected chi connectivity index (χ0v) is 14.1. The van der Waals surface area contributed by atoms with Crippen LogP contribution in [0.2, 0.25) is 0 Å². The SMILES string of the molecule is C.C.C.C.C.C.C=C(CC(C)=O)C(C)=O.COC(C)C(C)=O.COCOC. The second-order valence-electron chi connectivity index (χ2n) is 4.22. The lowest BCUT2D eigenvalue weighted by Crippen LogP contribution is -2.14. The molecule has 0 N–H and O–H groups in total. The summed E-state index contributed by atoms with van der Waals surface area (Å²) in [6.45, 7) is 9.89. The molecular formula is C21H52O6. The third-order valence-electron chi connectivity index (χ3n) is 2.12. The molecule has 0 aromatic rings. The summed E-state index contributed by atoms with van der Waals surface area (Å²) in [6, 6.07) is 0. The molecule has 0 fully saturated rings. The van der Waals surface area contributed by atoms with Crippen molar-refractivity contribution in [1.82, 2.24) is 0 Å². The van der Waals surface area contributed by atoms with Gasteiger partial charge < -0.3 is 14.2 Å². The molecule has 6 nitrogen and oxygen atoms in total. The van der Waals surface area contributed by atoms with Gasteiger partial charge in [0.2, 0.25) is 0 Å². The minimum Gasteiger partial charge on any atom is -0.374 e. The zero-order chi connectivity index (χ0) is 17.4. The maximum absolute atomic E-state index is 10.4. The van der Waals surface area contributed by atoms with Crippen molar-refractivity contribution in [3.63, 3.8) is 0 Å². The van der Waals surface area contributed by atoms with Crippen molar-refractivity contribution < 1.29 is 28.6 Å². The molecule has 1 atom stereocenters. The van der Waals surface area contributed by atoms with Gasteiger partial charge in [-0.05, 0) is 33.3 Å². The molecule has 27 heavy (non-hydrogen) atoms. The average Bonchev–Trinajstić information content (AvgIpc) is 2.39. The Bertz CT molecular complexity index is 323. The summed E-state index contributed by atoms with van der Waals surface area (Å²) < 4.78 is 13.6. The molecule has 0 aromatic carbocycles. The van der Waals surface area contributed by atoms with Gasteiger partial charge in [-0.3, -0.25) is 14.4 Å². The van der Waals surface area contributed by atoms with Crippen molar-refractivity contribution >= 4 is 17.3 Å². The molecule has 172 valence electrons. The van der Waals surface area contributed by atoms with Crippen LogP contribution in [0, 0.1) is 0 Å². The summed E-state index contributed by atoms with van der Waals surface area (Å²) in [6.07, 6.45) is -0.0463. The Morgan fingerprint density at radius 3 is 1.19 bits per heavy atom. The summed E-state index contributed by atoms with van der Waals surface area (Å²) in [5.41, 5.74) is 0.391. The van der Waals surface area contributed by atoms with E-state index in [0.29, 0.717) is 12.4 Å². The highest BCUT2D eigenvalue weighted by atomic mass is 16.6. The highest BCUT2D eigenvalue weighted by Gasteiger charge is 2.02. The molecule has 0 radical (unpaired) electrons. The molecular weight excluding hydrogens is 348 g/mol. The number of ketones is 3. The van der Waals surface area contributed by atoms with E-state index in [2.05, 4.69) is 20.8 Å². The highest BCUT2D eigenvalue weighted by molar-refractivity contribution is 5.97. The van der Waals surface area contributed by atoms with Gasteiger partial charge in [-0.2, -0.15) is 0 Å². The van der Waals surface area contributed by atoms with Gasteiger partial charge >= 0.3 is 0 Å². The first kappa shape index (κ1) is 56.2. The largest absolute Gasteiger partial charge is 0.374 e.